The molecule has 0 bridgehead atoms. The van der Waals surface area contributed by atoms with Gasteiger partial charge in [0.05, 0.1) is 13.2 Å². The Hall–Kier alpha value is 0.120. The number of rotatable bonds is 3. The number of nitrogens with one attached hydrogen (secondary N) is 1. The molecule has 0 saturated carbocycles. The van der Waals surface area contributed by atoms with Gasteiger partial charge in [-0.05, 0) is 6.92 Å². The van der Waals surface area contributed by atoms with Crippen molar-refractivity contribution in [1.29, 1.82) is 0 Å². The molecule has 0 unspecified atom stereocenters. The predicted octanol–water partition coefficient (Wildman–Crippen LogP) is -0.152. The van der Waals surface area contributed by atoms with E-state index in [1.807, 2.05) is 0 Å². The van der Waals surface area contributed by atoms with Gasteiger partial charge in [-0.1, -0.05) is 0 Å². The van der Waals surface area contributed by atoms with Crippen molar-refractivity contribution in [3.05, 3.63) is 0 Å². The van der Waals surface area contributed by atoms with Crippen LogP contribution in [-0.4, -0.2) is 30.3 Å². The van der Waals surface area contributed by atoms with Crippen LogP contribution in [0.25, 0.3) is 0 Å². The normalized spacial score (nSPS) is 16.0. The van der Waals surface area contributed by atoms with Crippen LogP contribution in [0, 0.1) is 0 Å². The topological polar surface area (TPSA) is 58.6 Å². The van der Waals surface area contributed by atoms with Gasteiger partial charge in [-0.15, -0.1) is 0 Å². The van der Waals surface area contributed by atoms with Crippen LogP contribution in [0.4, 0.5) is 0 Å². The number of hydrogen-bond acceptors (Lipinski definition) is 4. The van der Waals surface area contributed by atoms with E-state index in [4.69, 9.17) is 5.11 Å². The minimum Gasteiger partial charge on any atom is -0.468 e. The molecule has 0 rings (SSSR count). The maximum Gasteiger partial charge on any atom is 0.326 e. The first-order valence-electron chi connectivity index (χ1n) is 2.75. The Morgan fingerprint density at radius 3 is 2.40 bits per heavy atom. The number of hydrogen-bond donors (Lipinski definition) is 2. The third-order valence-electron chi connectivity index (χ3n) is 1.06. The molecule has 0 spiro atoms. The van der Waals surface area contributed by atoms with Crippen molar-refractivity contribution in [3.63, 3.8) is 0 Å². The summed E-state index contributed by atoms with van der Waals surface area (Å²) in [7, 11) is 1.28. The Bertz CT molecular complexity index is 117. The summed E-state index contributed by atoms with van der Waals surface area (Å²) in [5, 5.41) is 8.95. The van der Waals surface area contributed by atoms with Gasteiger partial charge in [-0.2, -0.15) is 0 Å². The summed E-state index contributed by atoms with van der Waals surface area (Å²) >= 11 is 1.79. The van der Waals surface area contributed by atoms with E-state index >= 15 is 0 Å². The van der Waals surface area contributed by atoms with Crippen molar-refractivity contribution in [2.24, 2.45) is 0 Å². The summed E-state index contributed by atoms with van der Waals surface area (Å²) in [5.41, 5.74) is 0. The first-order chi connectivity index (χ1) is 4.63. The lowest BCUT2D eigenvalue weighted by Crippen LogP contribution is -2.40. The van der Waals surface area contributed by atoms with Gasteiger partial charge in [-0.3, -0.25) is 4.79 Å². The second kappa shape index (κ2) is 4.86. The van der Waals surface area contributed by atoms with Gasteiger partial charge in [0.25, 0.3) is 0 Å². The van der Waals surface area contributed by atoms with E-state index in [1.165, 1.54) is 14.0 Å². The number of carbonyl (C=O) groups excluding carboxylic acids is 1. The second-order valence-electron chi connectivity index (χ2n) is 1.85. The van der Waals surface area contributed by atoms with Gasteiger partial charge in [-0.25, -0.2) is 3.53 Å². The highest BCUT2D eigenvalue weighted by molar-refractivity contribution is 14.1. The number of esters is 1. The van der Waals surface area contributed by atoms with Gasteiger partial charge in [0.15, 0.2) is 0 Å². The molecule has 4 nitrogen and oxygen atoms in total. The Balaban J connectivity index is 3.93. The van der Waals surface area contributed by atoms with Gasteiger partial charge in [0.2, 0.25) is 0 Å². The quantitative estimate of drug-likeness (QED) is 0.420. The average Bonchev–Trinajstić information content (AvgIpc) is 1.88. The molecule has 0 aromatic carbocycles. The highest BCUT2D eigenvalue weighted by atomic mass is 127. The van der Waals surface area contributed by atoms with E-state index in [0.29, 0.717) is 0 Å². The summed E-state index contributed by atoms with van der Waals surface area (Å²) in [6.07, 6.45) is -0.732. The molecule has 5 heteroatoms. The zero-order chi connectivity index (χ0) is 8.15. The van der Waals surface area contributed by atoms with E-state index < -0.39 is 18.1 Å². The molecule has 2 N–H and O–H groups in total. The molecular formula is C5H10INO3. The molecule has 0 aliphatic carbocycles. The Labute approximate surface area is 73.4 Å². The highest BCUT2D eigenvalue weighted by Gasteiger charge is 2.22. The SMILES string of the molecule is COC(=O)[C@@H](NI)[C@@H](C)O. The number of ether oxygens (including phenoxy) is 1. The van der Waals surface area contributed by atoms with Crippen molar-refractivity contribution < 1.29 is 14.6 Å². The van der Waals surface area contributed by atoms with Crippen LogP contribution >= 0.6 is 22.9 Å². The summed E-state index contributed by atoms with van der Waals surface area (Å²) in [6, 6.07) is -0.634. The first-order valence-corrected chi connectivity index (χ1v) is 3.83. The minimum absolute atomic E-state index is 0.454. The van der Waals surface area contributed by atoms with E-state index in [1.54, 1.807) is 22.9 Å². The lowest BCUT2D eigenvalue weighted by Gasteiger charge is -2.14. The highest BCUT2D eigenvalue weighted by Crippen LogP contribution is 1.96. The standard InChI is InChI=1S/C5H10INO3/c1-3(8)4(7-6)5(9)10-2/h3-4,7-8H,1-2H3/t3-,4+/m1/s1. The van der Waals surface area contributed by atoms with E-state index in [2.05, 4.69) is 8.27 Å². The molecule has 0 aromatic rings. The molecule has 0 fully saturated rings. The third-order valence-corrected chi connectivity index (χ3v) is 1.73. The Kier molecular flexibility index (Phi) is 4.92. The third kappa shape index (κ3) is 2.80. The fraction of sp³-hybridized carbons (Fsp3) is 0.800. The molecule has 60 valence electrons. The molecule has 0 aliphatic rings. The van der Waals surface area contributed by atoms with Crippen molar-refractivity contribution >= 4 is 28.8 Å². The summed E-state index contributed by atoms with van der Waals surface area (Å²) < 4.78 is 7.00. The average molecular weight is 259 g/mol. The molecule has 0 aromatic heterocycles. The lowest BCUT2D eigenvalue weighted by atomic mass is 10.2. The fourth-order valence-electron chi connectivity index (χ4n) is 0.460. The summed E-state index contributed by atoms with van der Waals surface area (Å²) in [6.45, 7) is 1.52. The largest absolute Gasteiger partial charge is 0.468 e. The lowest BCUT2D eigenvalue weighted by molar-refractivity contribution is -0.144. The predicted molar refractivity (Wildman–Crippen MR) is 44.6 cm³/mol. The van der Waals surface area contributed by atoms with Crippen LogP contribution in [0.15, 0.2) is 0 Å². The van der Waals surface area contributed by atoms with E-state index in [-0.39, 0.29) is 0 Å². The van der Waals surface area contributed by atoms with Crippen molar-refractivity contribution in [2.75, 3.05) is 7.11 Å². The summed E-state index contributed by atoms with van der Waals surface area (Å²) in [4.78, 5) is 10.7. The van der Waals surface area contributed by atoms with Gasteiger partial charge in [0, 0.05) is 22.9 Å². The van der Waals surface area contributed by atoms with Crippen LogP contribution in [0.3, 0.4) is 0 Å². The molecule has 0 aliphatic heterocycles. The Morgan fingerprint density at radius 1 is 1.80 bits per heavy atom. The number of methoxy groups -OCH3 is 1. The number of carbonyl (C=O) groups is 1. The van der Waals surface area contributed by atoms with Crippen LogP contribution in [0.1, 0.15) is 6.92 Å². The fourth-order valence-corrected chi connectivity index (χ4v) is 1.23. The van der Waals surface area contributed by atoms with Gasteiger partial charge >= 0.3 is 5.97 Å². The number of aliphatic hydroxyl groups is 1. The van der Waals surface area contributed by atoms with Crippen LogP contribution in [0.2, 0.25) is 0 Å². The first kappa shape index (κ1) is 10.1. The number of aliphatic hydroxyl groups excluding tert-OH is 1. The maximum atomic E-state index is 10.7. The van der Waals surface area contributed by atoms with Crippen LogP contribution in [0.5, 0.6) is 0 Å². The van der Waals surface area contributed by atoms with Gasteiger partial charge in [0.1, 0.15) is 6.04 Å². The van der Waals surface area contributed by atoms with Crippen molar-refractivity contribution in [2.45, 2.75) is 19.1 Å². The van der Waals surface area contributed by atoms with Crippen LogP contribution < -0.4 is 3.53 Å². The molecular weight excluding hydrogens is 249 g/mol. The molecule has 0 saturated heterocycles. The molecule has 0 heterocycles. The van der Waals surface area contributed by atoms with E-state index in [9.17, 15) is 4.79 Å². The van der Waals surface area contributed by atoms with Crippen molar-refractivity contribution in [3.8, 4) is 0 Å². The zero-order valence-corrected chi connectivity index (χ0v) is 7.95. The molecule has 0 radical (unpaired) electrons. The Morgan fingerprint density at radius 2 is 2.30 bits per heavy atom. The smallest absolute Gasteiger partial charge is 0.326 e. The minimum atomic E-state index is -0.732. The molecule has 2 atom stereocenters. The maximum absolute atomic E-state index is 10.7. The van der Waals surface area contributed by atoms with Gasteiger partial charge < -0.3 is 9.84 Å². The molecule has 10 heavy (non-hydrogen) atoms. The second-order valence-corrected chi connectivity index (χ2v) is 2.47. The number of halogens is 1. The van der Waals surface area contributed by atoms with E-state index in [0.717, 1.165) is 0 Å². The summed E-state index contributed by atoms with van der Waals surface area (Å²) in [5.74, 6) is -0.454. The monoisotopic (exact) mass is 259 g/mol. The van der Waals surface area contributed by atoms with Crippen molar-refractivity contribution in [1.82, 2.24) is 3.53 Å². The molecule has 0 amide bonds. The van der Waals surface area contributed by atoms with Crippen LogP contribution in [-0.2, 0) is 9.53 Å². The zero-order valence-electron chi connectivity index (χ0n) is 5.80.